The van der Waals surface area contributed by atoms with Crippen LogP contribution in [-0.2, 0) is 29.2 Å². The van der Waals surface area contributed by atoms with E-state index in [4.69, 9.17) is 9.15 Å². The average Bonchev–Trinajstić information content (AvgIpc) is 3.48. The lowest BCUT2D eigenvalue weighted by molar-refractivity contribution is -0.118. The predicted octanol–water partition coefficient (Wildman–Crippen LogP) is 3.28. The number of rotatable bonds is 10. The first-order chi connectivity index (χ1) is 16.1. The van der Waals surface area contributed by atoms with Crippen LogP contribution < -0.4 is 5.32 Å². The Kier molecular flexibility index (Phi) is 8.20. The van der Waals surface area contributed by atoms with Gasteiger partial charge < -0.3 is 14.5 Å². The summed E-state index contributed by atoms with van der Waals surface area (Å²) in [6.07, 6.45) is 1.66. The molecular weight excluding hydrogens is 438 g/mol. The Balaban J connectivity index is 1.33. The van der Waals surface area contributed by atoms with Gasteiger partial charge in [-0.05, 0) is 23.3 Å². The maximum atomic E-state index is 12.6. The summed E-state index contributed by atoms with van der Waals surface area (Å²) >= 11 is 1.40. The third-order valence-electron chi connectivity index (χ3n) is 5.58. The van der Waals surface area contributed by atoms with E-state index in [0.717, 1.165) is 55.2 Å². The van der Waals surface area contributed by atoms with Gasteiger partial charge in [-0.2, -0.15) is 0 Å². The monoisotopic (exact) mass is 469 g/mol. The van der Waals surface area contributed by atoms with E-state index in [1.165, 1.54) is 17.3 Å². The zero-order valence-electron chi connectivity index (χ0n) is 19.2. The van der Waals surface area contributed by atoms with Gasteiger partial charge in [0.1, 0.15) is 11.6 Å². The van der Waals surface area contributed by atoms with Crippen LogP contribution in [0.5, 0.6) is 0 Å². The van der Waals surface area contributed by atoms with Crippen molar-refractivity contribution < 1.29 is 13.9 Å². The molecule has 0 spiro atoms. The highest BCUT2D eigenvalue weighted by Crippen LogP contribution is 2.23. The number of furan rings is 1. The third kappa shape index (κ3) is 6.46. The van der Waals surface area contributed by atoms with Crippen LogP contribution in [0, 0.1) is 0 Å². The van der Waals surface area contributed by atoms with Crippen LogP contribution in [0.2, 0.25) is 0 Å². The average molecular weight is 470 g/mol. The van der Waals surface area contributed by atoms with E-state index in [9.17, 15) is 4.79 Å². The molecule has 3 aromatic rings. The summed E-state index contributed by atoms with van der Waals surface area (Å²) in [4.78, 5) is 15.0. The standard InChI is InChI=1S/C24H31N5O3S/c1-18(2)23-26-27-24(29(23)16-21-8-5-11-32-21)33-17-22(30)25-14-19-6-3-4-7-20(19)15-28-9-12-31-13-10-28/h3-8,11,18H,9-10,12-17H2,1-2H3,(H,25,30). The lowest BCUT2D eigenvalue weighted by Crippen LogP contribution is -2.36. The SMILES string of the molecule is CC(C)c1nnc(SCC(=O)NCc2ccccc2CN2CCOCC2)n1Cc1ccco1. The molecule has 1 N–H and O–H groups in total. The number of hydrogen-bond donors (Lipinski definition) is 1. The second kappa shape index (κ2) is 11.5. The summed E-state index contributed by atoms with van der Waals surface area (Å²) < 4.78 is 13.0. The molecule has 0 radical (unpaired) electrons. The van der Waals surface area contributed by atoms with Gasteiger partial charge in [-0.15, -0.1) is 10.2 Å². The van der Waals surface area contributed by atoms with E-state index in [1.807, 2.05) is 22.8 Å². The number of amides is 1. The minimum Gasteiger partial charge on any atom is -0.467 e. The highest BCUT2D eigenvalue weighted by Gasteiger charge is 2.18. The molecule has 2 aromatic heterocycles. The molecule has 176 valence electrons. The van der Waals surface area contributed by atoms with Gasteiger partial charge in [0.05, 0.1) is 31.8 Å². The Morgan fingerprint density at radius 3 is 2.61 bits per heavy atom. The first-order valence-corrected chi connectivity index (χ1v) is 12.3. The molecule has 1 aromatic carbocycles. The predicted molar refractivity (Wildman–Crippen MR) is 127 cm³/mol. The number of nitrogens with one attached hydrogen (secondary N) is 1. The van der Waals surface area contributed by atoms with Crippen LogP contribution in [0.3, 0.4) is 0 Å². The van der Waals surface area contributed by atoms with Crippen LogP contribution in [0.25, 0.3) is 0 Å². The first-order valence-electron chi connectivity index (χ1n) is 11.3. The minimum absolute atomic E-state index is 0.0279. The van der Waals surface area contributed by atoms with Crippen LogP contribution in [0.4, 0.5) is 0 Å². The summed E-state index contributed by atoms with van der Waals surface area (Å²) in [5.74, 6) is 2.18. The number of benzene rings is 1. The molecular formula is C24H31N5O3S. The largest absolute Gasteiger partial charge is 0.467 e. The zero-order valence-corrected chi connectivity index (χ0v) is 20.0. The second-order valence-corrected chi connectivity index (χ2v) is 9.33. The van der Waals surface area contributed by atoms with Crippen molar-refractivity contribution in [2.75, 3.05) is 32.1 Å². The maximum absolute atomic E-state index is 12.6. The van der Waals surface area contributed by atoms with Crippen LogP contribution in [0.15, 0.2) is 52.2 Å². The second-order valence-electron chi connectivity index (χ2n) is 8.38. The van der Waals surface area contributed by atoms with Crippen molar-refractivity contribution in [2.45, 2.75) is 44.6 Å². The normalized spacial score (nSPS) is 14.6. The minimum atomic E-state index is -0.0279. The number of hydrogen-bond acceptors (Lipinski definition) is 7. The zero-order chi connectivity index (χ0) is 23.0. The first kappa shape index (κ1) is 23.5. The quantitative estimate of drug-likeness (QED) is 0.456. The number of thioether (sulfide) groups is 1. The highest BCUT2D eigenvalue weighted by atomic mass is 32.2. The van der Waals surface area contributed by atoms with E-state index in [0.29, 0.717) is 13.1 Å². The van der Waals surface area contributed by atoms with Gasteiger partial charge in [0.2, 0.25) is 5.91 Å². The number of carbonyl (C=O) groups excluding carboxylic acids is 1. The van der Waals surface area contributed by atoms with Gasteiger partial charge in [-0.3, -0.25) is 14.3 Å². The van der Waals surface area contributed by atoms with E-state index >= 15 is 0 Å². The molecule has 3 heterocycles. The molecule has 0 atom stereocenters. The molecule has 1 amide bonds. The molecule has 33 heavy (non-hydrogen) atoms. The molecule has 1 saturated heterocycles. The molecule has 0 aliphatic carbocycles. The van der Waals surface area contributed by atoms with E-state index in [1.54, 1.807) is 6.26 Å². The summed E-state index contributed by atoms with van der Waals surface area (Å²) in [5.41, 5.74) is 2.39. The molecule has 0 unspecified atom stereocenters. The van der Waals surface area contributed by atoms with Gasteiger partial charge in [-0.1, -0.05) is 49.9 Å². The molecule has 0 bridgehead atoms. The Bertz CT molecular complexity index is 1030. The Morgan fingerprint density at radius 1 is 1.09 bits per heavy atom. The molecule has 1 aliphatic heterocycles. The van der Waals surface area contributed by atoms with Crippen molar-refractivity contribution in [2.24, 2.45) is 0 Å². The molecule has 1 fully saturated rings. The van der Waals surface area contributed by atoms with Crippen LogP contribution in [-0.4, -0.2) is 57.6 Å². The topological polar surface area (TPSA) is 85.4 Å². The summed E-state index contributed by atoms with van der Waals surface area (Å²) in [7, 11) is 0. The number of ether oxygens (including phenoxy) is 1. The smallest absolute Gasteiger partial charge is 0.230 e. The molecule has 8 nitrogen and oxygen atoms in total. The number of morpholine rings is 1. The van der Waals surface area contributed by atoms with Gasteiger partial charge in [-0.25, -0.2) is 0 Å². The van der Waals surface area contributed by atoms with Crippen molar-refractivity contribution >= 4 is 17.7 Å². The lowest BCUT2D eigenvalue weighted by atomic mass is 10.1. The maximum Gasteiger partial charge on any atom is 0.230 e. The Hall–Kier alpha value is -2.62. The van der Waals surface area contributed by atoms with Gasteiger partial charge >= 0.3 is 0 Å². The van der Waals surface area contributed by atoms with Gasteiger partial charge in [0, 0.05) is 32.1 Å². The van der Waals surface area contributed by atoms with E-state index in [-0.39, 0.29) is 17.6 Å². The summed E-state index contributed by atoms with van der Waals surface area (Å²) in [6.45, 7) is 9.53. The number of carbonyl (C=O) groups is 1. The molecule has 4 rings (SSSR count). The highest BCUT2D eigenvalue weighted by molar-refractivity contribution is 7.99. The fourth-order valence-corrected chi connectivity index (χ4v) is 4.57. The van der Waals surface area contributed by atoms with Gasteiger partial charge in [0.15, 0.2) is 5.16 Å². The number of aromatic nitrogens is 3. The molecule has 0 saturated carbocycles. The van der Waals surface area contributed by atoms with Crippen LogP contribution >= 0.6 is 11.8 Å². The fourth-order valence-electron chi connectivity index (χ4n) is 3.80. The Morgan fingerprint density at radius 2 is 1.88 bits per heavy atom. The summed E-state index contributed by atoms with van der Waals surface area (Å²) in [6, 6.07) is 12.1. The van der Waals surface area contributed by atoms with Crippen molar-refractivity contribution in [3.63, 3.8) is 0 Å². The molecule has 1 aliphatic rings. The van der Waals surface area contributed by atoms with Crippen molar-refractivity contribution in [1.29, 1.82) is 0 Å². The van der Waals surface area contributed by atoms with Crippen molar-refractivity contribution in [1.82, 2.24) is 25.0 Å². The Labute approximate surface area is 198 Å². The number of nitrogens with zero attached hydrogens (tertiary/aromatic N) is 4. The van der Waals surface area contributed by atoms with Crippen LogP contribution in [0.1, 0.15) is 42.5 Å². The summed E-state index contributed by atoms with van der Waals surface area (Å²) in [5, 5.41) is 12.4. The van der Waals surface area contributed by atoms with E-state index in [2.05, 4.69) is 52.5 Å². The fraction of sp³-hybridized carbons (Fsp3) is 0.458. The van der Waals surface area contributed by atoms with Gasteiger partial charge in [0.25, 0.3) is 0 Å². The lowest BCUT2D eigenvalue weighted by Gasteiger charge is -2.27. The van der Waals surface area contributed by atoms with E-state index < -0.39 is 0 Å². The third-order valence-corrected chi connectivity index (χ3v) is 6.55. The van der Waals surface area contributed by atoms with Crippen molar-refractivity contribution in [3.8, 4) is 0 Å². The molecule has 9 heteroatoms. The van der Waals surface area contributed by atoms with Crippen molar-refractivity contribution in [3.05, 3.63) is 65.4 Å².